The Labute approximate surface area is 111 Å². The zero-order valence-corrected chi connectivity index (χ0v) is 11.5. The number of aryl methyl sites for hydroxylation is 1. The van der Waals surface area contributed by atoms with Crippen molar-refractivity contribution in [3.63, 3.8) is 0 Å². The first-order valence-electron chi connectivity index (χ1n) is 5.87. The monoisotopic (exact) mass is 265 g/mol. The number of nitrogens with one attached hydrogen (secondary N) is 1. The second-order valence-electron chi connectivity index (χ2n) is 4.51. The van der Waals surface area contributed by atoms with Gasteiger partial charge in [-0.05, 0) is 50.2 Å². The Balaban J connectivity index is 2.62. The fourth-order valence-corrected chi connectivity index (χ4v) is 2.06. The summed E-state index contributed by atoms with van der Waals surface area (Å²) in [6.45, 7) is 4.46. The van der Waals surface area contributed by atoms with Crippen molar-refractivity contribution >= 4 is 22.5 Å². The highest BCUT2D eigenvalue weighted by molar-refractivity contribution is 6.28. The molecular formula is C13H16ClN3O. The lowest BCUT2D eigenvalue weighted by Gasteiger charge is -2.14. The van der Waals surface area contributed by atoms with Gasteiger partial charge >= 0.3 is 0 Å². The molecule has 1 aromatic heterocycles. The number of nitrogens with zero attached hydrogens (tertiary/aromatic N) is 2. The molecule has 0 aliphatic heterocycles. The second-order valence-corrected chi connectivity index (χ2v) is 4.84. The molecule has 4 nitrogen and oxygen atoms in total. The smallest absolute Gasteiger partial charge is 0.262 e. The van der Waals surface area contributed by atoms with Gasteiger partial charge in [-0.3, -0.25) is 9.36 Å². The molecule has 1 unspecified atom stereocenters. The van der Waals surface area contributed by atoms with Crippen molar-refractivity contribution in [2.75, 3.05) is 7.05 Å². The van der Waals surface area contributed by atoms with Crippen LogP contribution >= 0.6 is 11.6 Å². The number of benzene rings is 1. The quantitative estimate of drug-likeness (QED) is 0.863. The first-order valence-corrected chi connectivity index (χ1v) is 6.24. The zero-order valence-electron chi connectivity index (χ0n) is 10.7. The molecular weight excluding hydrogens is 250 g/mol. The maximum absolute atomic E-state index is 12.3. The summed E-state index contributed by atoms with van der Waals surface area (Å²) < 4.78 is 1.50. The molecule has 0 aliphatic carbocycles. The Morgan fingerprint density at radius 3 is 2.89 bits per heavy atom. The van der Waals surface area contributed by atoms with Crippen LogP contribution in [0, 0.1) is 6.92 Å². The number of hydrogen-bond acceptors (Lipinski definition) is 3. The summed E-state index contributed by atoms with van der Waals surface area (Å²) in [6, 6.07) is 5.74. The van der Waals surface area contributed by atoms with Crippen molar-refractivity contribution in [2.24, 2.45) is 0 Å². The topological polar surface area (TPSA) is 46.9 Å². The van der Waals surface area contributed by atoms with Crippen LogP contribution in [0.3, 0.4) is 0 Å². The maximum atomic E-state index is 12.3. The van der Waals surface area contributed by atoms with Gasteiger partial charge in [0.2, 0.25) is 5.28 Å². The van der Waals surface area contributed by atoms with Crippen molar-refractivity contribution in [1.29, 1.82) is 0 Å². The normalized spacial score (nSPS) is 12.9. The van der Waals surface area contributed by atoms with Crippen LogP contribution in [0.5, 0.6) is 0 Å². The van der Waals surface area contributed by atoms with Gasteiger partial charge in [-0.1, -0.05) is 6.07 Å². The SMILES string of the molecule is CNC(C)Cn1c(Cl)nc2cc(C)ccc2c1=O. The van der Waals surface area contributed by atoms with Crippen LogP contribution in [-0.4, -0.2) is 22.6 Å². The van der Waals surface area contributed by atoms with E-state index in [9.17, 15) is 4.79 Å². The minimum Gasteiger partial charge on any atom is -0.315 e. The summed E-state index contributed by atoms with van der Waals surface area (Å²) >= 11 is 6.09. The van der Waals surface area contributed by atoms with Crippen molar-refractivity contribution < 1.29 is 0 Å². The van der Waals surface area contributed by atoms with Crippen molar-refractivity contribution in [3.8, 4) is 0 Å². The molecule has 1 heterocycles. The van der Waals surface area contributed by atoms with Gasteiger partial charge in [0, 0.05) is 12.6 Å². The third-order valence-electron chi connectivity index (χ3n) is 3.01. The number of likely N-dealkylation sites (N-methyl/N-ethyl adjacent to an activating group) is 1. The van der Waals surface area contributed by atoms with Gasteiger partial charge in [0.1, 0.15) is 0 Å². The molecule has 5 heteroatoms. The van der Waals surface area contributed by atoms with Crippen LogP contribution in [0.25, 0.3) is 10.9 Å². The summed E-state index contributed by atoms with van der Waals surface area (Å²) in [4.78, 5) is 16.6. The highest BCUT2D eigenvalue weighted by Crippen LogP contribution is 2.13. The molecule has 0 saturated carbocycles. The second kappa shape index (κ2) is 5.08. The fourth-order valence-electron chi connectivity index (χ4n) is 1.83. The summed E-state index contributed by atoms with van der Waals surface area (Å²) in [7, 11) is 1.85. The number of aromatic nitrogens is 2. The lowest BCUT2D eigenvalue weighted by atomic mass is 10.2. The Bertz CT molecular complexity index is 636. The Morgan fingerprint density at radius 2 is 2.22 bits per heavy atom. The lowest BCUT2D eigenvalue weighted by molar-refractivity contribution is 0.503. The van der Waals surface area contributed by atoms with Crippen LogP contribution in [0.2, 0.25) is 5.28 Å². The molecule has 2 rings (SSSR count). The molecule has 0 aliphatic rings. The van der Waals surface area contributed by atoms with Gasteiger partial charge in [-0.25, -0.2) is 4.98 Å². The Hall–Kier alpha value is -1.39. The Morgan fingerprint density at radius 1 is 1.50 bits per heavy atom. The zero-order chi connectivity index (χ0) is 13.3. The first kappa shape index (κ1) is 13.1. The number of rotatable bonds is 3. The largest absolute Gasteiger partial charge is 0.315 e. The number of hydrogen-bond donors (Lipinski definition) is 1. The molecule has 0 fully saturated rings. The maximum Gasteiger partial charge on any atom is 0.262 e. The molecule has 0 bridgehead atoms. The van der Waals surface area contributed by atoms with E-state index in [0.29, 0.717) is 17.4 Å². The van der Waals surface area contributed by atoms with E-state index in [1.165, 1.54) is 4.57 Å². The molecule has 0 saturated heterocycles. The third kappa shape index (κ3) is 2.40. The van der Waals surface area contributed by atoms with E-state index >= 15 is 0 Å². The molecule has 0 radical (unpaired) electrons. The summed E-state index contributed by atoms with van der Waals surface area (Å²) in [5.74, 6) is 0. The van der Waals surface area contributed by atoms with Crippen LogP contribution in [0.1, 0.15) is 12.5 Å². The molecule has 0 amide bonds. The number of fused-ring (bicyclic) bond motifs is 1. The molecule has 1 aromatic carbocycles. The van der Waals surface area contributed by atoms with E-state index < -0.39 is 0 Å². The van der Waals surface area contributed by atoms with E-state index in [4.69, 9.17) is 11.6 Å². The molecule has 1 atom stereocenters. The average Bonchev–Trinajstić information content (AvgIpc) is 2.33. The van der Waals surface area contributed by atoms with Gasteiger partial charge in [0.25, 0.3) is 5.56 Å². The van der Waals surface area contributed by atoms with Crippen molar-refractivity contribution in [2.45, 2.75) is 26.4 Å². The Kier molecular flexibility index (Phi) is 3.68. The van der Waals surface area contributed by atoms with E-state index in [-0.39, 0.29) is 16.9 Å². The fraction of sp³-hybridized carbons (Fsp3) is 0.385. The van der Waals surface area contributed by atoms with E-state index in [1.807, 2.05) is 33.0 Å². The molecule has 18 heavy (non-hydrogen) atoms. The first-order chi connectivity index (χ1) is 8.52. The van der Waals surface area contributed by atoms with Gasteiger partial charge in [-0.2, -0.15) is 0 Å². The molecule has 1 N–H and O–H groups in total. The highest BCUT2D eigenvalue weighted by Gasteiger charge is 2.11. The summed E-state index contributed by atoms with van der Waals surface area (Å²) in [5.41, 5.74) is 1.62. The van der Waals surface area contributed by atoms with Crippen molar-refractivity contribution in [1.82, 2.24) is 14.9 Å². The molecule has 96 valence electrons. The van der Waals surface area contributed by atoms with Gasteiger partial charge in [0.15, 0.2) is 0 Å². The summed E-state index contributed by atoms with van der Waals surface area (Å²) in [5, 5.41) is 3.92. The van der Waals surface area contributed by atoms with Crippen LogP contribution in [0.15, 0.2) is 23.0 Å². The lowest BCUT2D eigenvalue weighted by Crippen LogP contribution is -2.33. The predicted molar refractivity (Wildman–Crippen MR) is 74.3 cm³/mol. The molecule has 2 aromatic rings. The van der Waals surface area contributed by atoms with Crippen LogP contribution < -0.4 is 10.9 Å². The highest BCUT2D eigenvalue weighted by atomic mass is 35.5. The van der Waals surface area contributed by atoms with E-state index in [1.54, 1.807) is 6.07 Å². The number of halogens is 1. The van der Waals surface area contributed by atoms with Crippen molar-refractivity contribution in [3.05, 3.63) is 39.4 Å². The van der Waals surface area contributed by atoms with Crippen LogP contribution in [-0.2, 0) is 6.54 Å². The third-order valence-corrected chi connectivity index (χ3v) is 3.30. The van der Waals surface area contributed by atoms with Gasteiger partial charge < -0.3 is 5.32 Å². The standard InChI is InChI=1S/C13H16ClN3O/c1-8-4-5-10-11(6-8)16-13(14)17(12(10)18)7-9(2)15-3/h4-6,9,15H,7H2,1-3H3. The van der Waals surface area contributed by atoms with Crippen LogP contribution in [0.4, 0.5) is 0 Å². The van der Waals surface area contributed by atoms with Gasteiger partial charge in [-0.15, -0.1) is 0 Å². The summed E-state index contributed by atoms with van der Waals surface area (Å²) in [6.07, 6.45) is 0. The molecule has 0 spiro atoms. The minimum absolute atomic E-state index is 0.0906. The van der Waals surface area contributed by atoms with E-state index in [2.05, 4.69) is 10.3 Å². The predicted octanol–water partition coefficient (Wildman–Crippen LogP) is 1.97. The minimum atomic E-state index is -0.0906. The van der Waals surface area contributed by atoms with Gasteiger partial charge in [0.05, 0.1) is 10.9 Å². The van der Waals surface area contributed by atoms with E-state index in [0.717, 1.165) is 5.56 Å². The average molecular weight is 266 g/mol.